The van der Waals surface area contributed by atoms with Crippen molar-refractivity contribution >= 4 is 29.1 Å². The molecule has 1 unspecified atom stereocenters. The standard InChI is InChI=1S/C15H24N2O2S.ClH/c1-4-15(16,5-2)11-17-14(18)13-8-6-7-12(9-13)10-20(3)19;/h6-9H,4-5,10-11,16H2,1-3H3,(H,17,18);1H. The second-order valence-corrected chi connectivity index (χ2v) is 6.61. The third-order valence-corrected chi connectivity index (χ3v) is 4.31. The fraction of sp³-hybridized carbons (Fsp3) is 0.533. The molecule has 0 saturated heterocycles. The van der Waals surface area contributed by atoms with E-state index in [0.29, 0.717) is 17.9 Å². The maximum Gasteiger partial charge on any atom is 0.251 e. The molecule has 0 fully saturated rings. The molecular weight excluding hydrogens is 308 g/mol. The van der Waals surface area contributed by atoms with E-state index in [1.54, 1.807) is 18.4 Å². The van der Waals surface area contributed by atoms with Crippen LogP contribution in [0.3, 0.4) is 0 Å². The van der Waals surface area contributed by atoms with Gasteiger partial charge in [0.1, 0.15) is 0 Å². The van der Waals surface area contributed by atoms with E-state index in [2.05, 4.69) is 5.32 Å². The van der Waals surface area contributed by atoms with Crippen molar-refractivity contribution in [3.8, 4) is 0 Å². The Hall–Kier alpha value is -0.910. The molecule has 1 atom stereocenters. The third kappa shape index (κ3) is 6.59. The lowest BCUT2D eigenvalue weighted by molar-refractivity contribution is 0.0942. The molecule has 6 heteroatoms. The maximum absolute atomic E-state index is 12.1. The smallest absolute Gasteiger partial charge is 0.251 e. The molecule has 0 radical (unpaired) electrons. The second kappa shape index (κ2) is 9.18. The van der Waals surface area contributed by atoms with Crippen molar-refractivity contribution < 1.29 is 9.00 Å². The molecule has 3 N–H and O–H groups in total. The van der Waals surface area contributed by atoms with Gasteiger partial charge in [-0.2, -0.15) is 0 Å². The van der Waals surface area contributed by atoms with Crippen LogP contribution in [0.4, 0.5) is 0 Å². The zero-order chi connectivity index (χ0) is 15.2. The summed E-state index contributed by atoms with van der Waals surface area (Å²) in [5, 5.41) is 2.88. The van der Waals surface area contributed by atoms with Gasteiger partial charge in [-0.3, -0.25) is 9.00 Å². The molecule has 0 heterocycles. The van der Waals surface area contributed by atoms with Gasteiger partial charge in [0.15, 0.2) is 0 Å². The summed E-state index contributed by atoms with van der Waals surface area (Å²) in [4.78, 5) is 12.1. The first-order valence-electron chi connectivity index (χ1n) is 6.86. The zero-order valence-electron chi connectivity index (χ0n) is 12.8. The van der Waals surface area contributed by atoms with Crippen LogP contribution in [0.25, 0.3) is 0 Å². The summed E-state index contributed by atoms with van der Waals surface area (Å²) < 4.78 is 11.2. The lowest BCUT2D eigenvalue weighted by Gasteiger charge is -2.26. The molecule has 0 aliphatic heterocycles. The molecule has 1 amide bonds. The number of rotatable bonds is 7. The molecule has 0 aromatic heterocycles. The molecule has 4 nitrogen and oxygen atoms in total. The van der Waals surface area contributed by atoms with Crippen molar-refractivity contribution in [3.63, 3.8) is 0 Å². The molecule has 0 aliphatic carbocycles. The first-order chi connectivity index (χ1) is 9.40. The van der Waals surface area contributed by atoms with E-state index >= 15 is 0 Å². The zero-order valence-corrected chi connectivity index (χ0v) is 14.5. The minimum absolute atomic E-state index is 0. The Morgan fingerprint density at radius 3 is 2.48 bits per heavy atom. The first-order valence-corrected chi connectivity index (χ1v) is 8.59. The molecule has 1 aromatic carbocycles. The number of nitrogens with one attached hydrogen (secondary N) is 1. The quantitative estimate of drug-likeness (QED) is 0.804. The van der Waals surface area contributed by atoms with Gasteiger partial charge in [-0.25, -0.2) is 0 Å². The number of hydrogen-bond donors (Lipinski definition) is 2. The fourth-order valence-electron chi connectivity index (χ4n) is 1.90. The van der Waals surface area contributed by atoms with E-state index in [4.69, 9.17) is 5.73 Å². The summed E-state index contributed by atoms with van der Waals surface area (Å²) in [6, 6.07) is 7.23. The number of halogens is 1. The predicted molar refractivity (Wildman–Crippen MR) is 91.3 cm³/mol. The molecule has 120 valence electrons. The highest BCUT2D eigenvalue weighted by Gasteiger charge is 2.21. The van der Waals surface area contributed by atoms with Crippen LogP contribution < -0.4 is 11.1 Å². The average Bonchev–Trinajstić information content (AvgIpc) is 2.44. The van der Waals surface area contributed by atoms with Gasteiger partial charge in [0.2, 0.25) is 0 Å². The average molecular weight is 333 g/mol. The minimum atomic E-state index is -0.910. The summed E-state index contributed by atoms with van der Waals surface area (Å²) in [6.45, 7) is 4.50. The summed E-state index contributed by atoms with van der Waals surface area (Å²) in [6.07, 6.45) is 3.29. The lowest BCUT2D eigenvalue weighted by atomic mass is 9.94. The largest absolute Gasteiger partial charge is 0.350 e. The fourth-order valence-corrected chi connectivity index (χ4v) is 2.54. The van der Waals surface area contributed by atoms with Crippen molar-refractivity contribution in [3.05, 3.63) is 35.4 Å². The van der Waals surface area contributed by atoms with Crippen molar-refractivity contribution in [2.24, 2.45) is 5.73 Å². The summed E-state index contributed by atoms with van der Waals surface area (Å²) in [7, 11) is -0.910. The van der Waals surface area contributed by atoms with Crippen molar-refractivity contribution in [2.75, 3.05) is 12.8 Å². The molecular formula is C15H25ClN2O2S. The SMILES string of the molecule is CCC(N)(CC)CNC(=O)c1cccc(CS(C)=O)c1.Cl. The number of amides is 1. The number of hydrogen-bond acceptors (Lipinski definition) is 3. The van der Waals surface area contributed by atoms with Gasteiger partial charge in [0.25, 0.3) is 5.91 Å². The van der Waals surface area contributed by atoms with Gasteiger partial charge in [-0.15, -0.1) is 12.4 Å². The van der Waals surface area contributed by atoms with Gasteiger partial charge in [-0.1, -0.05) is 26.0 Å². The molecule has 0 spiro atoms. The van der Waals surface area contributed by atoms with Gasteiger partial charge in [0, 0.05) is 40.5 Å². The minimum Gasteiger partial charge on any atom is -0.350 e. The van der Waals surface area contributed by atoms with Gasteiger partial charge in [0.05, 0.1) is 0 Å². The second-order valence-electron chi connectivity index (χ2n) is 5.17. The van der Waals surface area contributed by atoms with E-state index in [-0.39, 0.29) is 23.9 Å². The Morgan fingerprint density at radius 2 is 1.95 bits per heavy atom. The summed E-state index contributed by atoms with van der Waals surface area (Å²) in [5.74, 6) is 0.330. The monoisotopic (exact) mass is 332 g/mol. The molecule has 0 saturated carbocycles. The van der Waals surface area contributed by atoms with Crippen LogP contribution in [0.2, 0.25) is 0 Å². The molecule has 0 bridgehead atoms. The number of nitrogens with two attached hydrogens (primary N) is 1. The molecule has 0 aliphatic rings. The topological polar surface area (TPSA) is 72.2 Å². The third-order valence-electron chi connectivity index (χ3n) is 3.57. The number of carbonyl (C=O) groups excluding carboxylic acids is 1. The van der Waals surface area contributed by atoms with E-state index in [1.165, 1.54) is 0 Å². The Labute approximate surface area is 135 Å². The first kappa shape index (κ1) is 20.1. The molecule has 1 aromatic rings. The van der Waals surface area contributed by atoms with Gasteiger partial charge < -0.3 is 11.1 Å². The van der Waals surface area contributed by atoms with Crippen LogP contribution in [0.1, 0.15) is 42.6 Å². The van der Waals surface area contributed by atoms with Crippen LogP contribution in [0.5, 0.6) is 0 Å². The van der Waals surface area contributed by atoms with Crippen LogP contribution in [-0.4, -0.2) is 28.5 Å². The van der Waals surface area contributed by atoms with Crippen LogP contribution in [-0.2, 0) is 16.6 Å². The van der Waals surface area contributed by atoms with E-state index in [0.717, 1.165) is 18.4 Å². The van der Waals surface area contributed by atoms with Crippen molar-refractivity contribution in [2.45, 2.75) is 38.0 Å². The van der Waals surface area contributed by atoms with Crippen LogP contribution >= 0.6 is 12.4 Å². The number of carbonyl (C=O) groups is 1. The predicted octanol–water partition coefficient (Wildman–Crippen LogP) is 2.23. The van der Waals surface area contributed by atoms with Gasteiger partial charge in [-0.05, 0) is 30.5 Å². The van der Waals surface area contributed by atoms with Crippen molar-refractivity contribution in [1.29, 1.82) is 0 Å². The maximum atomic E-state index is 12.1. The van der Waals surface area contributed by atoms with Crippen LogP contribution in [0, 0.1) is 0 Å². The highest BCUT2D eigenvalue weighted by Crippen LogP contribution is 2.11. The van der Waals surface area contributed by atoms with Gasteiger partial charge >= 0.3 is 0 Å². The highest BCUT2D eigenvalue weighted by molar-refractivity contribution is 7.83. The van der Waals surface area contributed by atoms with Crippen molar-refractivity contribution in [1.82, 2.24) is 5.32 Å². The normalized spacial score (nSPS) is 12.4. The highest BCUT2D eigenvalue weighted by atomic mass is 35.5. The summed E-state index contributed by atoms with van der Waals surface area (Å²) in [5.41, 5.74) is 7.31. The van der Waals surface area contributed by atoms with E-state index in [1.807, 2.05) is 26.0 Å². The summed E-state index contributed by atoms with van der Waals surface area (Å²) >= 11 is 0. The lowest BCUT2D eigenvalue weighted by Crippen LogP contribution is -2.49. The molecule has 1 rings (SSSR count). The Morgan fingerprint density at radius 1 is 1.33 bits per heavy atom. The molecule has 21 heavy (non-hydrogen) atoms. The van der Waals surface area contributed by atoms with Crippen LogP contribution in [0.15, 0.2) is 24.3 Å². The Bertz CT molecular complexity index is 490. The van der Waals surface area contributed by atoms with E-state index in [9.17, 15) is 9.00 Å². The number of benzene rings is 1. The van der Waals surface area contributed by atoms with E-state index < -0.39 is 10.8 Å². The Balaban J connectivity index is 0.00000400. The Kier molecular flexibility index (Phi) is 8.78.